The third-order valence-corrected chi connectivity index (χ3v) is 4.86. The highest BCUT2D eigenvalue weighted by Crippen LogP contribution is 2.38. The Labute approximate surface area is 125 Å². The lowest BCUT2D eigenvalue weighted by molar-refractivity contribution is 0.353. The van der Waals surface area contributed by atoms with Gasteiger partial charge < -0.3 is 11.1 Å². The van der Waals surface area contributed by atoms with Crippen LogP contribution in [0.3, 0.4) is 0 Å². The second-order valence-corrected chi connectivity index (χ2v) is 7.44. The first-order valence-electron chi connectivity index (χ1n) is 7.13. The predicted molar refractivity (Wildman–Crippen MR) is 85.2 cm³/mol. The van der Waals surface area contributed by atoms with Crippen molar-refractivity contribution in [2.45, 2.75) is 52.1 Å². The van der Waals surface area contributed by atoms with E-state index in [0.29, 0.717) is 18.0 Å². The minimum absolute atomic E-state index is 0.244. The number of rotatable bonds is 4. The molecule has 0 amide bonds. The standard InChI is InChI=1S/C16H25BrN2/c1-11-4-5-13(14(17)8-11)15(10-18)19-12-6-7-16(2,3)9-12/h4-5,8,12,15,19H,6-7,9-10,18H2,1-3H3. The molecule has 106 valence electrons. The van der Waals surface area contributed by atoms with Gasteiger partial charge in [-0.3, -0.25) is 0 Å². The van der Waals surface area contributed by atoms with Crippen LogP contribution in [-0.4, -0.2) is 12.6 Å². The van der Waals surface area contributed by atoms with Crippen LogP contribution >= 0.6 is 15.9 Å². The largest absolute Gasteiger partial charge is 0.329 e. The Bertz CT molecular complexity index is 442. The molecule has 1 aliphatic carbocycles. The molecule has 0 radical (unpaired) electrons. The number of hydrogen-bond acceptors (Lipinski definition) is 2. The molecule has 0 spiro atoms. The van der Waals surface area contributed by atoms with Gasteiger partial charge in [0.05, 0.1) is 0 Å². The van der Waals surface area contributed by atoms with Gasteiger partial charge in [-0.05, 0) is 48.8 Å². The molecule has 2 atom stereocenters. The normalized spacial score (nSPS) is 23.5. The monoisotopic (exact) mass is 324 g/mol. The first-order chi connectivity index (χ1) is 8.91. The topological polar surface area (TPSA) is 38.0 Å². The molecule has 1 aliphatic rings. The van der Waals surface area contributed by atoms with Crippen molar-refractivity contribution in [2.24, 2.45) is 11.1 Å². The summed E-state index contributed by atoms with van der Waals surface area (Å²) in [6.07, 6.45) is 3.80. The van der Waals surface area contributed by atoms with Crippen LogP contribution in [0.25, 0.3) is 0 Å². The van der Waals surface area contributed by atoms with Gasteiger partial charge in [-0.15, -0.1) is 0 Å². The fraction of sp³-hybridized carbons (Fsp3) is 0.625. The van der Waals surface area contributed by atoms with E-state index in [-0.39, 0.29) is 6.04 Å². The Morgan fingerprint density at radius 2 is 2.21 bits per heavy atom. The fourth-order valence-corrected chi connectivity index (χ4v) is 3.83. The van der Waals surface area contributed by atoms with Crippen LogP contribution in [0, 0.1) is 12.3 Å². The van der Waals surface area contributed by atoms with E-state index in [4.69, 9.17) is 5.73 Å². The Morgan fingerprint density at radius 3 is 2.74 bits per heavy atom. The number of benzene rings is 1. The summed E-state index contributed by atoms with van der Waals surface area (Å²) < 4.78 is 1.16. The molecule has 19 heavy (non-hydrogen) atoms. The lowest BCUT2D eigenvalue weighted by Gasteiger charge is -2.24. The Hall–Kier alpha value is -0.380. The highest BCUT2D eigenvalue weighted by molar-refractivity contribution is 9.10. The molecule has 2 nitrogen and oxygen atoms in total. The van der Waals surface area contributed by atoms with Crippen molar-refractivity contribution < 1.29 is 0 Å². The van der Waals surface area contributed by atoms with Crippen LogP contribution in [0.5, 0.6) is 0 Å². The van der Waals surface area contributed by atoms with Crippen LogP contribution < -0.4 is 11.1 Å². The summed E-state index contributed by atoms with van der Waals surface area (Å²) in [5.41, 5.74) is 9.00. The van der Waals surface area contributed by atoms with Crippen LogP contribution in [0.2, 0.25) is 0 Å². The maximum absolute atomic E-state index is 5.97. The molecule has 0 bridgehead atoms. The molecule has 0 aromatic heterocycles. The molecule has 2 rings (SSSR count). The zero-order chi connectivity index (χ0) is 14.0. The molecular weight excluding hydrogens is 300 g/mol. The number of nitrogens with one attached hydrogen (secondary N) is 1. The van der Waals surface area contributed by atoms with Crippen LogP contribution in [0.4, 0.5) is 0 Å². The minimum atomic E-state index is 0.244. The van der Waals surface area contributed by atoms with Crippen molar-refractivity contribution in [2.75, 3.05) is 6.54 Å². The Kier molecular flexibility index (Phi) is 4.70. The molecule has 0 saturated heterocycles. The summed E-state index contributed by atoms with van der Waals surface area (Å²) in [5, 5.41) is 3.74. The van der Waals surface area contributed by atoms with E-state index < -0.39 is 0 Å². The molecule has 3 heteroatoms. The van der Waals surface area contributed by atoms with Gasteiger partial charge in [0.2, 0.25) is 0 Å². The van der Waals surface area contributed by atoms with Gasteiger partial charge in [-0.1, -0.05) is 41.9 Å². The van der Waals surface area contributed by atoms with Gasteiger partial charge in [0.25, 0.3) is 0 Å². The number of aryl methyl sites for hydroxylation is 1. The van der Waals surface area contributed by atoms with E-state index in [2.05, 4.69) is 60.2 Å². The molecule has 1 aromatic rings. The summed E-state index contributed by atoms with van der Waals surface area (Å²) >= 11 is 3.66. The van der Waals surface area contributed by atoms with Crippen LogP contribution in [-0.2, 0) is 0 Å². The van der Waals surface area contributed by atoms with Gasteiger partial charge >= 0.3 is 0 Å². The molecule has 1 fully saturated rings. The summed E-state index contributed by atoms with van der Waals surface area (Å²) in [5.74, 6) is 0. The second kappa shape index (κ2) is 5.94. The quantitative estimate of drug-likeness (QED) is 0.880. The number of nitrogens with two attached hydrogens (primary N) is 1. The Morgan fingerprint density at radius 1 is 1.47 bits per heavy atom. The van der Waals surface area contributed by atoms with Gasteiger partial charge in [0.1, 0.15) is 0 Å². The van der Waals surface area contributed by atoms with Crippen molar-refractivity contribution >= 4 is 15.9 Å². The highest BCUT2D eigenvalue weighted by Gasteiger charge is 2.32. The zero-order valence-corrected chi connectivity index (χ0v) is 13.8. The molecule has 0 aliphatic heterocycles. The summed E-state index contributed by atoms with van der Waals surface area (Å²) in [6, 6.07) is 7.34. The molecule has 3 N–H and O–H groups in total. The van der Waals surface area contributed by atoms with E-state index >= 15 is 0 Å². The third kappa shape index (κ3) is 3.80. The lowest BCUT2D eigenvalue weighted by Crippen LogP contribution is -2.36. The summed E-state index contributed by atoms with van der Waals surface area (Å²) in [4.78, 5) is 0. The van der Waals surface area contributed by atoms with Gasteiger partial charge in [0.15, 0.2) is 0 Å². The van der Waals surface area contributed by atoms with Crippen molar-refractivity contribution in [3.05, 3.63) is 33.8 Å². The van der Waals surface area contributed by atoms with Gasteiger partial charge in [0, 0.05) is 23.1 Å². The minimum Gasteiger partial charge on any atom is -0.329 e. The van der Waals surface area contributed by atoms with Gasteiger partial charge in [-0.25, -0.2) is 0 Å². The highest BCUT2D eigenvalue weighted by atomic mass is 79.9. The average Bonchev–Trinajstić information content (AvgIpc) is 2.66. The lowest BCUT2D eigenvalue weighted by atomic mass is 9.91. The fourth-order valence-electron chi connectivity index (χ4n) is 3.06. The first-order valence-corrected chi connectivity index (χ1v) is 7.93. The van der Waals surface area contributed by atoms with E-state index in [1.807, 2.05) is 0 Å². The Balaban J connectivity index is 2.08. The average molecular weight is 325 g/mol. The summed E-state index contributed by atoms with van der Waals surface area (Å²) in [6.45, 7) is 7.46. The molecule has 1 saturated carbocycles. The second-order valence-electron chi connectivity index (χ2n) is 6.58. The van der Waals surface area contributed by atoms with Crippen molar-refractivity contribution in [1.82, 2.24) is 5.32 Å². The first kappa shape index (κ1) is 15.0. The van der Waals surface area contributed by atoms with Crippen LogP contribution in [0.15, 0.2) is 22.7 Å². The molecule has 0 heterocycles. The van der Waals surface area contributed by atoms with Crippen molar-refractivity contribution in [3.63, 3.8) is 0 Å². The van der Waals surface area contributed by atoms with Crippen molar-refractivity contribution in [1.29, 1.82) is 0 Å². The zero-order valence-electron chi connectivity index (χ0n) is 12.2. The van der Waals surface area contributed by atoms with E-state index in [1.54, 1.807) is 0 Å². The van der Waals surface area contributed by atoms with Crippen molar-refractivity contribution in [3.8, 4) is 0 Å². The number of halogens is 1. The number of hydrogen-bond donors (Lipinski definition) is 2. The SMILES string of the molecule is Cc1ccc(C(CN)NC2CCC(C)(C)C2)c(Br)c1. The van der Waals surface area contributed by atoms with E-state index in [0.717, 1.165) is 4.47 Å². The molecule has 1 aromatic carbocycles. The third-order valence-electron chi connectivity index (χ3n) is 4.17. The molecule has 2 unspecified atom stereocenters. The smallest absolute Gasteiger partial charge is 0.0457 e. The maximum atomic E-state index is 5.97. The predicted octanol–water partition coefficient (Wildman–Crippen LogP) is 3.93. The van der Waals surface area contributed by atoms with Crippen LogP contribution in [0.1, 0.15) is 50.3 Å². The van der Waals surface area contributed by atoms with E-state index in [1.165, 1.54) is 30.4 Å². The maximum Gasteiger partial charge on any atom is 0.0457 e. The van der Waals surface area contributed by atoms with Gasteiger partial charge in [-0.2, -0.15) is 0 Å². The molecular formula is C16H25BrN2. The summed E-state index contributed by atoms with van der Waals surface area (Å²) in [7, 11) is 0. The van der Waals surface area contributed by atoms with E-state index in [9.17, 15) is 0 Å².